The van der Waals surface area contributed by atoms with E-state index in [-0.39, 0.29) is 0 Å². The van der Waals surface area contributed by atoms with Crippen LogP contribution >= 0.6 is 0 Å². The van der Waals surface area contributed by atoms with Crippen molar-refractivity contribution < 1.29 is 14.8 Å². The normalized spacial score (nSPS) is 10.7. The molecule has 104 valence electrons. The van der Waals surface area contributed by atoms with Crippen molar-refractivity contribution in [3.8, 4) is 5.75 Å². The van der Waals surface area contributed by atoms with Gasteiger partial charge in [-0.05, 0) is 28.6 Å². The van der Waals surface area contributed by atoms with Crippen molar-refractivity contribution in [3.63, 3.8) is 0 Å². The Labute approximate surface area is 120 Å². The van der Waals surface area contributed by atoms with Crippen LogP contribution in [0.1, 0.15) is 30.9 Å². The third-order valence-electron chi connectivity index (χ3n) is 3.21. The summed E-state index contributed by atoms with van der Waals surface area (Å²) in [6.07, 6.45) is 0. The van der Waals surface area contributed by atoms with Crippen LogP contribution in [0.25, 0.3) is 0 Å². The second-order valence-electron chi connectivity index (χ2n) is 5.10. The molecule has 0 amide bonds. The lowest BCUT2D eigenvalue weighted by atomic mass is 9.80. The lowest BCUT2D eigenvalue weighted by Gasteiger charge is -2.14. The van der Waals surface area contributed by atoms with Crippen LogP contribution in [-0.2, 0) is 6.61 Å². The molecule has 4 heteroatoms. The summed E-state index contributed by atoms with van der Waals surface area (Å²) >= 11 is 0. The van der Waals surface area contributed by atoms with Crippen molar-refractivity contribution in [3.05, 3.63) is 59.7 Å². The molecule has 0 saturated heterocycles. The second-order valence-corrected chi connectivity index (χ2v) is 5.10. The number of rotatable bonds is 5. The summed E-state index contributed by atoms with van der Waals surface area (Å²) in [6, 6.07) is 15.1. The first-order chi connectivity index (χ1) is 9.58. The van der Waals surface area contributed by atoms with E-state index in [2.05, 4.69) is 19.9 Å². The Bertz CT molecular complexity index is 550. The van der Waals surface area contributed by atoms with Gasteiger partial charge in [0, 0.05) is 0 Å². The number of hydrogen-bond donors (Lipinski definition) is 2. The monoisotopic (exact) mass is 270 g/mol. The van der Waals surface area contributed by atoms with Crippen molar-refractivity contribution in [1.82, 2.24) is 0 Å². The van der Waals surface area contributed by atoms with Gasteiger partial charge >= 0.3 is 7.12 Å². The zero-order valence-electron chi connectivity index (χ0n) is 11.8. The molecule has 2 rings (SSSR count). The average molecular weight is 270 g/mol. The number of ether oxygens (including phenoxy) is 1. The third-order valence-corrected chi connectivity index (χ3v) is 3.21. The Kier molecular flexibility index (Phi) is 4.82. The summed E-state index contributed by atoms with van der Waals surface area (Å²) in [5.41, 5.74) is 2.67. The molecular weight excluding hydrogens is 251 g/mol. The van der Waals surface area contributed by atoms with Gasteiger partial charge in [-0.15, -0.1) is 0 Å². The van der Waals surface area contributed by atoms with Crippen LogP contribution in [0.3, 0.4) is 0 Å². The summed E-state index contributed by atoms with van der Waals surface area (Å²) in [6.45, 7) is 4.74. The second kappa shape index (κ2) is 6.59. The van der Waals surface area contributed by atoms with Gasteiger partial charge in [0.15, 0.2) is 0 Å². The predicted octanol–water partition coefficient (Wildman–Crippen LogP) is 2.07. The molecular formula is C16H19BO3. The Morgan fingerprint density at radius 3 is 2.25 bits per heavy atom. The van der Waals surface area contributed by atoms with E-state index in [0.717, 1.165) is 11.3 Å². The summed E-state index contributed by atoms with van der Waals surface area (Å²) in [7, 11) is -1.42. The van der Waals surface area contributed by atoms with Crippen LogP contribution in [0.15, 0.2) is 48.5 Å². The zero-order valence-corrected chi connectivity index (χ0v) is 11.8. The van der Waals surface area contributed by atoms with Gasteiger partial charge in [-0.1, -0.05) is 56.3 Å². The van der Waals surface area contributed by atoms with Crippen molar-refractivity contribution in [2.75, 3.05) is 0 Å². The fraction of sp³-hybridized carbons (Fsp3) is 0.250. The number of para-hydroxylation sites is 1. The van der Waals surface area contributed by atoms with Gasteiger partial charge in [0.2, 0.25) is 0 Å². The molecule has 0 atom stereocenters. The lowest BCUT2D eigenvalue weighted by molar-refractivity contribution is 0.302. The van der Waals surface area contributed by atoms with Gasteiger partial charge in [-0.25, -0.2) is 0 Å². The minimum Gasteiger partial charge on any atom is -0.489 e. The van der Waals surface area contributed by atoms with Gasteiger partial charge in [-0.2, -0.15) is 0 Å². The summed E-state index contributed by atoms with van der Waals surface area (Å²) in [4.78, 5) is 0. The molecule has 0 unspecified atom stereocenters. The molecule has 0 saturated carbocycles. The molecule has 0 spiro atoms. The maximum atomic E-state index is 9.04. The molecule has 0 aromatic heterocycles. The maximum Gasteiger partial charge on any atom is 0.488 e. The highest BCUT2D eigenvalue weighted by Gasteiger charge is 2.10. The SMILES string of the molecule is CC(C)c1ccccc1OCc1ccc(B(O)O)cc1. The van der Waals surface area contributed by atoms with Gasteiger partial charge in [0.05, 0.1) is 0 Å². The fourth-order valence-corrected chi connectivity index (χ4v) is 2.04. The van der Waals surface area contributed by atoms with Crippen LogP contribution < -0.4 is 10.2 Å². The Morgan fingerprint density at radius 2 is 1.65 bits per heavy atom. The molecule has 0 bridgehead atoms. The van der Waals surface area contributed by atoms with Crippen LogP contribution in [-0.4, -0.2) is 17.2 Å². The number of benzene rings is 2. The quantitative estimate of drug-likeness (QED) is 0.818. The Balaban J connectivity index is 2.05. The van der Waals surface area contributed by atoms with E-state index in [0.29, 0.717) is 18.0 Å². The molecule has 0 aliphatic heterocycles. The molecule has 0 fully saturated rings. The van der Waals surface area contributed by atoms with Crippen LogP contribution in [0.5, 0.6) is 5.75 Å². The minimum atomic E-state index is -1.42. The molecule has 3 nitrogen and oxygen atoms in total. The van der Waals surface area contributed by atoms with Crippen molar-refractivity contribution >= 4 is 12.6 Å². The average Bonchev–Trinajstić information content (AvgIpc) is 2.45. The highest BCUT2D eigenvalue weighted by molar-refractivity contribution is 6.58. The van der Waals surface area contributed by atoms with Crippen LogP contribution in [0.2, 0.25) is 0 Å². The molecule has 2 N–H and O–H groups in total. The first-order valence-corrected chi connectivity index (χ1v) is 6.74. The summed E-state index contributed by atoms with van der Waals surface area (Å²) < 4.78 is 5.86. The first-order valence-electron chi connectivity index (χ1n) is 6.74. The largest absolute Gasteiger partial charge is 0.489 e. The van der Waals surface area contributed by atoms with Gasteiger partial charge in [0.25, 0.3) is 0 Å². The highest BCUT2D eigenvalue weighted by atomic mass is 16.5. The van der Waals surface area contributed by atoms with E-state index < -0.39 is 7.12 Å². The van der Waals surface area contributed by atoms with E-state index in [1.165, 1.54) is 5.56 Å². The van der Waals surface area contributed by atoms with Gasteiger partial charge in [0.1, 0.15) is 12.4 Å². The predicted molar refractivity (Wildman–Crippen MR) is 81.1 cm³/mol. The molecule has 0 heterocycles. The molecule has 0 aliphatic rings. The number of hydrogen-bond acceptors (Lipinski definition) is 3. The van der Waals surface area contributed by atoms with Crippen molar-refractivity contribution in [2.24, 2.45) is 0 Å². The van der Waals surface area contributed by atoms with E-state index in [1.54, 1.807) is 12.1 Å². The Hall–Kier alpha value is -1.78. The minimum absolute atomic E-state index is 0.415. The fourth-order valence-electron chi connectivity index (χ4n) is 2.04. The van der Waals surface area contributed by atoms with E-state index in [9.17, 15) is 0 Å². The van der Waals surface area contributed by atoms with Crippen LogP contribution in [0, 0.1) is 0 Å². The zero-order chi connectivity index (χ0) is 14.5. The summed E-state index contributed by atoms with van der Waals surface area (Å²) in [5.74, 6) is 1.31. The maximum absolute atomic E-state index is 9.04. The van der Waals surface area contributed by atoms with Gasteiger partial charge < -0.3 is 14.8 Å². The molecule has 0 radical (unpaired) electrons. The van der Waals surface area contributed by atoms with E-state index in [4.69, 9.17) is 14.8 Å². The van der Waals surface area contributed by atoms with E-state index in [1.807, 2.05) is 30.3 Å². The standard InChI is InChI=1S/C16H19BO3/c1-12(2)15-5-3-4-6-16(15)20-11-13-7-9-14(10-8-13)17(18)19/h3-10,12,18-19H,11H2,1-2H3. The highest BCUT2D eigenvalue weighted by Crippen LogP contribution is 2.26. The Morgan fingerprint density at radius 1 is 1.00 bits per heavy atom. The van der Waals surface area contributed by atoms with E-state index >= 15 is 0 Å². The van der Waals surface area contributed by atoms with Gasteiger partial charge in [-0.3, -0.25) is 0 Å². The smallest absolute Gasteiger partial charge is 0.488 e. The lowest BCUT2D eigenvalue weighted by Crippen LogP contribution is -2.29. The molecule has 2 aromatic rings. The first kappa shape index (κ1) is 14.6. The molecule has 0 aliphatic carbocycles. The third kappa shape index (κ3) is 3.62. The molecule has 20 heavy (non-hydrogen) atoms. The summed E-state index contributed by atoms with van der Waals surface area (Å²) in [5, 5.41) is 18.1. The van der Waals surface area contributed by atoms with Crippen molar-refractivity contribution in [1.29, 1.82) is 0 Å². The molecule has 2 aromatic carbocycles. The van der Waals surface area contributed by atoms with Crippen LogP contribution in [0.4, 0.5) is 0 Å². The van der Waals surface area contributed by atoms with Crippen molar-refractivity contribution in [2.45, 2.75) is 26.4 Å². The topological polar surface area (TPSA) is 49.7 Å².